The molecule has 0 unspecified atom stereocenters. The fraction of sp³-hybridized carbons (Fsp3) is 0.312. The Hall–Kier alpha value is -2.43. The summed E-state index contributed by atoms with van der Waals surface area (Å²) in [6.45, 7) is 0. The molecule has 1 aliphatic rings. The third kappa shape index (κ3) is 2.14. The number of nitrogens with zero attached hydrogens (tertiary/aromatic N) is 4. The van der Waals surface area contributed by atoms with Crippen LogP contribution >= 0.6 is 0 Å². The van der Waals surface area contributed by atoms with Crippen molar-refractivity contribution in [3.05, 3.63) is 41.9 Å². The molecular formula is C16H17N5. The fourth-order valence-electron chi connectivity index (χ4n) is 2.96. The highest BCUT2D eigenvalue weighted by Gasteiger charge is 2.17. The van der Waals surface area contributed by atoms with E-state index in [1.54, 1.807) is 0 Å². The van der Waals surface area contributed by atoms with Crippen molar-refractivity contribution in [1.82, 2.24) is 19.4 Å². The lowest BCUT2D eigenvalue weighted by Gasteiger charge is -2.09. The van der Waals surface area contributed by atoms with E-state index in [4.69, 9.17) is 10.7 Å². The molecule has 0 atom stereocenters. The second kappa shape index (κ2) is 4.84. The Morgan fingerprint density at radius 1 is 1.00 bits per heavy atom. The topological polar surface area (TPSA) is 69.1 Å². The van der Waals surface area contributed by atoms with Gasteiger partial charge in [-0.1, -0.05) is 12.5 Å². The molecule has 1 aliphatic carbocycles. The number of fused-ring (bicyclic) bond motifs is 2. The maximum absolute atomic E-state index is 6.16. The van der Waals surface area contributed by atoms with E-state index in [9.17, 15) is 0 Å². The first-order valence-corrected chi connectivity index (χ1v) is 7.40. The zero-order valence-corrected chi connectivity index (χ0v) is 11.8. The lowest BCUT2D eigenvalue weighted by atomic mass is 10.1. The van der Waals surface area contributed by atoms with Gasteiger partial charge in [0.2, 0.25) is 0 Å². The molecule has 106 valence electrons. The van der Waals surface area contributed by atoms with Crippen LogP contribution < -0.4 is 5.73 Å². The van der Waals surface area contributed by atoms with E-state index >= 15 is 0 Å². The molecule has 0 amide bonds. The summed E-state index contributed by atoms with van der Waals surface area (Å²) < 4.78 is 1.97. The molecule has 0 spiro atoms. The van der Waals surface area contributed by atoms with Crippen molar-refractivity contribution in [3.63, 3.8) is 0 Å². The van der Waals surface area contributed by atoms with Gasteiger partial charge in [0, 0.05) is 23.7 Å². The average Bonchev–Trinajstić information content (AvgIpc) is 2.78. The van der Waals surface area contributed by atoms with Gasteiger partial charge >= 0.3 is 0 Å². The average molecular weight is 279 g/mol. The summed E-state index contributed by atoms with van der Waals surface area (Å²) in [4.78, 5) is 13.8. The molecule has 0 radical (unpaired) electrons. The van der Waals surface area contributed by atoms with Crippen molar-refractivity contribution < 1.29 is 0 Å². The SMILES string of the molecule is Nc1nc(-c2cn3ccccc3n2)nc2c1CCCCC2. The minimum atomic E-state index is 0.619. The zero-order chi connectivity index (χ0) is 14.2. The summed E-state index contributed by atoms with van der Waals surface area (Å²) >= 11 is 0. The van der Waals surface area contributed by atoms with Gasteiger partial charge in [0.25, 0.3) is 0 Å². The quantitative estimate of drug-likeness (QED) is 0.695. The van der Waals surface area contributed by atoms with Gasteiger partial charge in [-0.05, 0) is 37.8 Å². The number of aryl methyl sites for hydroxylation is 1. The minimum absolute atomic E-state index is 0.619. The van der Waals surface area contributed by atoms with E-state index in [1.165, 1.54) is 19.3 Å². The van der Waals surface area contributed by atoms with Crippen molar-refractivity contribution in [2.75, 3.05) is 5.73 Å². The molecule has 2 N–H and O–H groups in total. The first-order valence-electron chi connectivity index (χ1n) is 7.40. The van der Waals surface area contributed by atoms with Gasteiger partial charge in [-0.25, -0.2) is 15.0 Å². The van der Waals surface area contributed by atoms with Crippen molar-refractivity contribution in [2.45, 2.75) is 32.1 Å². The lowest BCUT2D eigenvalue weighted by Crippen LogP contribution is -2.06. The zero-order valence-electron chi connectivity index (χ0n) is 11.8. The van der Waals surface area contributed by atoms with Crippen molar-refractivity contribution in [3.8, 4) is 11.5 Å². The van der Waals surface area contributed by atoms with Crippen LogP contribution in [0.4, 0.5) is 5.82 Å². The summed E-state index contributed by atoms with van der Waals surface area (Å²) in [6.07, 6.45) is 9.49. The van der Waals surface area contributed by atoms with Crippen LogP contribution in [-0.2, 0) is 12.8 Å². The largest absolute Gasteiger partial charge is 0.383 e. The third-order valence-corrected chi connectivity index (χ3v) is 4.06. The molecular weight excluding hydrogens is 262 g/mol. The predicted molar refractivity (Wildman–Crippen MR) is 81.9 cm³/mol. The first-order chi connectivity index (χ1) is 10.3. The molecule has 3 heterocycles. The first kappa shape index (κ1) is 12.3. The van der Waals surface area contributed by atoms with Crippen LogP contribution in [0.1, 0.15) is 30.5 Å². The molecule has 5 nitrogen and oxygen atoms in total. The fourth-order valence-corrected chi connectivity index (χ4v) is 2.96. The molecule has 0 saturated carbocycles. The van der Waals surface area contributed by atoms with Crippen LogP contribution in [0, 0.1) is 0 Å². The van der Waals surface area contributed by atoms with Gasteiger partial charge in [-0.3, -0.25) is 0 Å². The van der Waals surface area contributed by atoms with E-state index in [2.05, 4.69) is 9.97 Å². The smallest absolute Gasteiger partial charge is 0.182 e. The van der Waals surface area contributed by atoms with Crippen molar-refractivity contribution >= 4 is 11.5 Å². The molecule has 3 aromatic heterocycles. The van der Waals surface area contributed by atoms with Crippen LogP contribution in [0.25, 0.3) is 17.2 Å². The highest BCUT2D eigenvalue weighted by atomic mass is 15.0. The van der Waals surface area contributed by atoms with E-state index in [0.29, 0.717) is 11.6 Å². The molecule has 4 rings (SSSR count). The normalized spacial score (nSPS) is 14.9. The molecule has 5 heteroatoms. The summed E-state index contributed by atoms with van der Waals surface area (Å²) in [6, 6.07) is 5.92. The third-order valence-electron chi connectivity index (χ3n) is 4.06. The maximum Gasteiger partial charge on any atom is 0.182 e. The number of nitrogen functional groups attached to an aromatic ring is 1. The Balaban J connectivity index is 1.84. The van der Waals surface area contributed by atoms with E-state index in [0.717, 1.165) is 35.4 Å². The maximum atomic E-state index is 6.16. The molecule has 0 bridgehead atoms. The van der Waals surface area contributed by atoms with Gasteiger partial charge in [0.05, 0.1) is 0 Å². The second-order valence-corrected chi connectivity index (χ2v) is 5.51. The summed E-state index contributed by atoms with van der Waals surface area (Å²) in [7, 11) is 0. The standard InChI is InChI=1S/C16H17N5/c17-15-11-6-2-1-3-7-12(11)19-16(20-15)13-10-21-9-5-4-8-14(21)18-13/h4-5,8-10H,1-3,6-7H2,(H2,17,19,20). The molecule has 0 aromatic carbocycles. The van der Waals surface area contributed by atoms with Gasteiger partial charge < -0.3 is 10.1 Å². The van der Waals surface area contributed by atoms with Gasteiger partial charge in [-0.15, -0.1) is 0 Å². The van der Waals surface area contributed by atoms with E-state index in [-0.39, 0.29) is 0 Å². The van der Waals surface area contributed by atoms with Gasteiger partial charge in [-0.2, -0.15) is 0 Å². The molecule has 21 heavy (non-hydrogen) atoms. The Bertz CT molecular complexity index is 773. The summed E-state index contributed by atoms with van der Waals surface area (Å²) in [5, 5.41) is 0. The Labute approximate surface area is 122 Å². The number of imidazole rings is 1. The number of anilines is 1. The Morgan fingerprint density at radius 2 is 1.90 bits per heavy atom. The monoisotopic (exact) mass is 279 g/mol. The summed E-state index contributed by atoms with van der Waals surface area (Å²) in [5.41, 5.74) is 10.1. The van der Waals surface area contributed by atoms with Crippen LogP contribution in [-0.4, -0.2) is 19.4 Å². The highest BCUT2D eigenvalue weighted by Crippen LogP contribution is 2.26. The number of nitrogens with two attached hydrogens (primary N) is 1. The molecule has 0 saturated heterocycles. The minimum Gasteiger partial charge on any atom is -0.383 e. The Morgan fingerprint density at radius 3 is 2.81 bits per heavy atom. The van der Waals surface area contributed by atoms with Gasteiger partial charge in [0.1, 0.15) is 17.2 Å². The number of hydrogen-bond acceptors (Lipinski definition) is 4. The van der Waals surface area contributed by atoms with Crippen LogP contribution in [0.5, 0.6) is 0 Å². The highest BCUT2D eigenvalue weighted by molar-refractivity contribution is 5.59. The number of hydrogen-bond donors (Lipinski definition) is 1. The second-order valence-electron chi connectivity index (χ2n) is 5.51. The molecule has 0 fully saturated rings. The lowest BCUT2D eigenvalue weighted by molar-refractivity contribution is 0.709. The summed E-state index contributed by atoms with van der Waals surface area (Å²) in [5.74, 6) is 1.26. The van der Waals surface area contributed by atoms with E-state index in [1.807, 2.05) is 35.0 Å². The van der Waals surface area contributed by atoms with E-state index < -0.39 is 0 Å². The molecule has 0 aliphatic heterocycles. The van der Waals surface area contributed by atoms with Gasteiger partial charge in [0.15, 0.2) is 5.82 Å². The molecule has 3 aromatic rings. The van der Waals surface area contributed by atoms with Crippen LogP contribution in [0.3, 0.4) is 0 Å². The van der Waals surface area contributed by atoms with Crippen LogP contribution in [0.15, 0.2) is 30.6 Å². The van der Waals surface area contributed by atoms with Crippen LogP contribution in [0.2, 0.25) is 0 Å². The number of rotatable bonds is 1. The Kier molecular flexibility index (Phi) is 2.84. The van der Waals surface area contributed by atoms with Crippen molar-refractivity contribution in [1.29, 1.82) is 0 Å². The van der Waals surface area contributed by atoms with Crippen molar-refractivity contribution in [2.24, 2.45) is 0 Å². The predicted octanol–water partition coefficient (Wildman–Crippen LogP) is 2.64. The number of pyridine rings is 1. The number of aromatic nitrogens is 4.